The summed E-state index contributed by atoms with van der Waals surface area (Å²) in [6, 6.07) is 0. The monoisotopic (exact) mass is 1020 g/mol. The highest BCUT2D eigenvalue weighted by Gasteiger charge is 2.51. The lowest BCUT2D eigenvalue weighted by Crippen LogP contribution is -2.42. The van der Waals surface area contributed by atoms with E-state index in [4.69, 9.17) is 29.7 Å². The third-order valence-electron chi connectivity index (χ3n) is 12.4. The predicted octanol–water partition coefficient (Wildman–Crippen LogP) is 11.0. The number of hydrogen-bond acceptors (Lipinski definition) is 15. The summed E-state index contributed by atoms with van der Waals surface area (Å²) >= 11 is 1.67. The lowest BCUT2D eigenvalue weighted by atomic mass is 10.0. The molecule has 0 amide bonds. The number of phosphoric acid groups is 2. The summed E-state index contributed by atoms with van der Waals surface area (Å²) in [4.78, 5) is 53.8. The van der Waals surface area contributed by atoms with E-state index in [0.717, 1.165) is 38.5 Å². The van der Waals surface area contributed by atoms with Crippen molar-refractivity contribution >= 4 is 50.4 Å². The quantitative estimate of drug-likeness (QED) is 0.0156. The smallest absolute Gasteiger partial charge is 0.459 e. The number of aliphatic hydroxyl groups excluding tert-OH is 2. The Kier molecular flexibility index (Phi) is 30.8. The van der Waals surface area contributed by atoms with Gasteiger partial charge in [0.1, 0.15) is 36.3 Å². The molecule has 0 spiro atoms. The van der Waals surface area contributed by atoms with E-state index in [0.29, 0.717) is 12.2 Å². The number of hydrogen-bond donors (Lipinski definition) is 6. The van der Waals surface area contributed by atoms with Crippen LogP contribution < -0.4 is 5.73 Å². The van der Waals surface area contributed by atoms with Crippen molar-refractivity contribution in [1.82, 2.24) is 19.5 Å². The van der Waals surface area contributed by atoms with E-state index in [-0.39, 0.29) is 41.2 Å². The van der Waals surface area contributed by atoms with E-state index < -0.39 is 52.6 Å². The van der Waals surface area contributed by atoms with Gasteiger partial charge in [-0.2, -0.15) is 16.1 Å². The van der Waals surface area contributed by atoms with Crippen LogP contribution in [0.2, 0.25) is 0 Å². The maximum absolute atomic E-state index is 13.3. The minimum atomic E-state index is -5.57. The summed E-state index contributed by atoms with van der Waals surface area (Å²) in [5.74, 6) is 0.0924. The Morgan fingerprint density at radius 2 is 1.28 bits per heavy atom. The number of unbranched alkanes of at least 4 members (excludes halogenated alkanes) is 25. The summed E-state index contributed by atoms with van der Waals surface area (Å²) in [7, 11) is -11.1. The number of nitrogens with zero attached hydrogens (tertiary/aromatic N) is 4. The van der Waals surface area contributed by atoms with Crippen molar-refractivity contribution in [2.75, 3.05) is 18.1 Å². The van der Waals surface area contributed by atoms with Crippen LogP contribution in [-0.4, -0.2) is 98.7 Å². The highest BCUT2D eigenvalue weighted by atomic mass is 32.2. The molecule has 394 valence electrons. The van der Waals surface area contributed by atoms with Crippen molar-refractivity contribution in [2.24, 2.45) is 0 Å². The fourth-order valence-corrected chi connectivity index (χ4v) is 11.2. The Balaban J connectivity index is 1.58. The van der Waals surface area contributed by atoms with E-state index in [1.807, 2.05) is 0 Å². The zero-order valence-electron chi connectivity index (χ0n) is 41.3. The van der Waals surface area contributed by atoms with Gasteiger partial charge in [-0.1, -0.05) is 188 Å². The molecule has 1 saturated heterocycles. The van der Waals surface area contributed by atoms with E-state index in [9.17, 15) is 29.0 Å². The largest absolute Gasteiger partial charge is 0.483 e. The summed E-state index contributed by atoms with van der Waals surface area (Å²) in [6.07, 6.45) is 27.8. The van der Waals surface area contributed by atoms with Gasteiger partial charge in [0.25, 0.3) is 0 Å². The maximum Gasteiger partial charge on any atom is 0.483 e. The molecule has 0 radical (unpaired) electrons. The van der Waals surface area contributed by atoms with Crippen LogP contribution >= 0.6 is 27.4 Å². The molecule has 68 heavy (non-hydrogen) atoms. The second kappa shape index (κ2) is 34.6. The molecule has 2 aromatic heterocycles. The van der Waals surface area contributed by atoms with Gasteiger partial charge in [0.05, 0.1) is 12.9 Å². The van der Waals surface area contributed by atoms with Crippen molar-refractivity contribution in [1.29, 1.82) is 0 Å². The molecule has 1 aliphatic heterocycles. The Morgan fingerprint density at radius 3 is 1.79 bits per heavy atom. The zero-order valence-corrected chi connectivity index (χ0v) is 43.9. The highest BCUT2D eigenvalue weighted by molar-refractivity contribution is 7.99. The fourth-order valence-electron chi connectivity index (χ4n) is 8.57. The first-order valence-electron chi connectivity index (χ1n) is 25.8. The molecule has 0 aliphatic carbocycles. The molecule has 0 aromatic carbocycles. The maximum atomic E-state index is 13.3. The van der Waals surface area contributed by atoms with Gasteiger partial charge in [-0.25, -0.2) is 24.1 Å². The first-order valence-corrected chi connectivity index (χ1v) is 29.9. The molecule has 4 unspecified atom stereocenters. The van der Waals surface area contributed by atoms with Gasteiger partial charge in [-0.05, 0) is 12.8 Å². The number of phosphoric ester groups is 1. The molecule has 8 atom stereocenters. The molecular formula is C47H87N5O13P2S. The average molecular weight is 1020 g/mol. The molecule has 3 heterocycles. The number of nitrogen functional groups attached to an aromatic ring is 1. The number of thioether (sulfide) groups is 1. The minimum Gasteiger partial charge on any atom is -0.459 e. The summed E-state index contributed by atoms with van der Waals surface area (Å²) in [5.41, 5.74) is 6.39. The van der Waals surface area contributed by atoms with Crippen LogP contribution in [0.3, 0.4) is 0 Å². The summed E-state index contributed by atoms with van der Waals surface area (Å²) in [6.45, 7) is 6.45. The molecule has 3 rings (SSSR count). The van der Waals surface area contributed by atoms with Crippen LogP contribution in [0, 0.1) is 0 Å². The molecule has 2 aromatic rings. The van der Waals surface area contributed by atoms with Crippen molar-refractivity contribution < 1.29 is 61.9 Å². The van der Waals surface area contributed by atoms with Gasteiger partial charge in [-0.3, -0.25) is 13.9 Å². The number of ether oxygens (including phenoxy) is 3. The predicted molar refractivity (Wildman–Crippen MR) is 266 cm³/mol. The minimum absolute atomic E-state index is 0.0520. The lowest BCUT2D eigenvalue weighted by Gasteiger charge is -2.26. The van der Waals surface area contributed by atoms with Crippen LogP contribution in [-0.2, 0) is 37.0 Å². The molecule has 1 fully saturated rings. The standard InChI is InChI=1S/C47H87N5O13P2S/c1-4-6-8-10-12-14-16-18-20-21-23-25-27-29-31-37(3)68-34-38(62-39(53)32-30-28-26-24-22-19-17-15-13-11-9-7-5-2)33-61-42-41(54)43(47(55)64-67(59,60)65-66(56,57)58)63-46(42)52-36-51-40-44(48)49-35-50-45(40)52/h35-38,41-43,46-47,54-55H,4-34H2,1-3H3,(H,59,60)(H2,48,49,50)(H2,56,57,58)/t37?,38?,41-,42-,43-,46-,47?/m0/s1. The van der Waals surface area contributed by atoms with Gasteiger partial charge in [0, 0.05) is 17.4 Å². The summed E-state index contributed by atoms with van der Waals surface area (Å²) in [5, 5.41) is 22.6. The Labute approximate surface area is 410 Å². The number of aromatic nitrogens is 4. The average Bonchev–Trinajstić information content (AvgIpc) is 3.86. The Bertz CT molecular complexity index is 1740. The normalized spacial score (nSPS) is 19.9. The lowest BCUT2D eigenvalue weighted by molar-refractivity contribution is -0.161. The second-order valence-corrected chi connectivity index (χ2v) is 22.8. The summed E-state index contributed by atoms with van der Waals surface area (Å²) < 4.78 is 51.7. The number of carbonyl (C=O) groups is 1. The second-order valence-electron chi connectivity index (χ2n) is 18.5. The Hall–Kier alpha value is -1.73. The third-order valence-corrected chi connectivity index (χ3v) is 16.0. The first kappa shape index (κ1) is 60.6. The number of aliphatic hydroxyl groups is 2. The van der Waals surface area contributed by atoms with Crippen LogP contribution in [0.25, 0.3) is 11.2 Å². The molecule has 21 heteroatoms. The van der Waals surface area contributed by atoms with Crippen molar-refractivity contribution in [3.63, 3.8) is 0 Å². The molecular weight excluding hydrogens is 937 g/mol. The van der Waals surface area contributed by atoms with E-state index >= 15 is 0 Å². The van der Waals surface area contributed by atoms with E-state index in [2.05, 4.69) is 44.6 Å². The van der Waals surface area contributed by atoms with Gasteiger partial charge in [0.2, 0.25) is 0 Å². The van der Waals surface area contributed by atoms with Gasteiger partial charge >= 0.3 is 21.6 Å². The van der Waals surface area contributed by atoms with Crippen molar-refractivity contribution in [3.05, 3.63) is 12.7 Å². The Morgan fingerprint density at radius 1 is 0.779 bits per heavy atom. The number of nitrogens with two attached hydrogens (primary N) is 1. The number of fused-ring (bicyclic) bond motifs is 1. The zero-order chi connectivity index (χ0) is 49.6. The van der Waals surface area contributed by atoms with E-state index in [1.54, 1.807) is 11.8 Å². The van der Waals surface area contributed by atoms with E-state index in [1.165, 1.54) is 152 Å². The van der Waals surface area contributed by atoms with Crippen LogP contribution in [0.15, 0.2) is 12.7 Å². The van der Waals surface area contributed by atoms with Gasteiger partial charge in [0.15, 0.2) is 24.0 Å². The highest BCUT2D eigenvalue weighted by Crippen LogP contribution is 2.58. The number of imidazole rings is 1. The van der Waals surface area contributed by atoms with Gasteiger partial charge in [-0.15, -0.1) is 0 Å². The fraction of sp³-hybridized carbons (Fsp3) is 0.872. The topological polar surface area (TPSA) is 268 Å². The molecule has 0 bridgehead atoms. The van der Waals surface area contributed by atoms with Gasteiger partial charge < -0.3 is 44.8 Å². The van der Waals surface area contributed by atoms with Crippen LogP contribution in [0.5, 0.6) is 0 Å². The van der Waals surface area contributed by atoms with Crippen LogP contribution in [0.4, 0.5) is 5.82 Å². The first-order chi connectivity index (χ1) is 32.7. The number of carbonyl (C=O) groups excluding carboxylic acids is 1. The molecule has 18 nitrogen and oxygen atoms in total. The third kappa shape index (κ3) is 25.1. The van der Waals surface area contributed by atoms with Crippen molar-refractivity contribution in [2.45, 2.75) is 249 Å². The molecule has 7 N–H and O–H groups in total. The number of rotatable bonds is 42. The molecule has 0 saturated carbocycles. The SMILES string of the molecule is CCCCCCCCCCCCCCCCC(C)SCC(CO[C@H]1[C@H](O)[C@@H](C(O)OP(=O)(O)OP(=O)(O)O)O[C@@H]1n1cnc2c(N)ncnc21)OC(=O)CCCCCCCCCCCCCCC. The molecule has 1 aliphatic rings. The van der Waals surface area contributed by atoms with Crippen molar-refractivity contribution in [3.8, 4) is 0 Å². The number of esters is 1. The van der Waals surface area contributed by atoms with Crippen LogP contribution in [0.1, 0.15) is 213 Å². The number of anilines is 1.